The van der Waals surface area contributed by atoms with Gasteiger partial charge < -0.3 is 15.1 Å². The lowest BCUT2D eigenvalue weighted by Gasteiger charge is -2.23. The number of aliphatic imine (C=N–C) groups is 1. The van der Waals surface area contributed by atoms with Gasteiger partial charge in [-0.3, -0.25) is 4.79 Å². The van der Waals surface area contributed by atoms with Crippen molar-refractivity contribution in [1.29, 1.82) is 0 Å². The van der Waals surface area contributed by atoms with Crippen molar-refractivity contribution in [3.05, 3.63) is 0 Å². The summed E-state index contributed by atoms with van der Waals surface area (Å²) >= 11 is 0. The Kier molecular flexibility index (Phi) is 11.6. The van der Waals surface area contributed by atoms with E-state index in [4.69, 9.17) is 0 Å². The second kappa shape index (κ2) is 11.9. The first-order valence-corrected chi connectivity index (χ1v) is 8.67. The quantitative estimate of drug-likeness (QED) is 0.288. The van der Waals surface area contributed by atoms with Crippen molar-refractivity contribution >= 4 is 35.8 Å². The highest BCUT2D eigenvalue weighted by atomic mass is 127. The van der Waals surface area contributed by atoms with E-state index in [1.54, 1.807) is 19.0 Å². The lowest BCUT2D eigenvalue weighted by molar-refractivity contribution is -0.127. The predicted molar refractivity (Wildman–Crippen MR) is 108 cm³/mol. The molecule has 1 amide bonds. The number of guanidine groups is 1. The third kappa shape index (κ3) is 8.77. The molecule has 5 nitrogen and oxygen atoms in total. The first-order chi connectivity index (χ1) is 10.4. The number of unbranched alkanes of at least 4 members (excludes halogenated alkanes) is 1. The van der Waals surface area contributed by atoms with Crippen LogP contribution in [0.15, 0.2) is 4.99 Å². The van der Waals surface area contributed by atoms with Crippen LogP contribution in [0, 0.1) is 11.8 Å². The number of halogens is 1. The number of carbonyl (C=O) groups is 1. The van der Waals surface area contributed by atoms with Gasteiger partial charge in [-0.1, -0.05) is 27.2 Å². The summed E-state index contributed by atoms with van der Waals surface area (Å²) in [6.07, 6.45) is 4.79. The van der Waals surface area contributed by atoms with Gasteiger partial charge in [0.1, 0.15) is 6.54 Å². The zero-order valence-electron chi connectivity index (χ0n) is 15.5. The van der Waals surface area contributed by atoms with Crippen molar-refractivity contribution in [2.24, 2.45) is 16.8 Å². The molecular formula is C17H35IN4O. The van der Waals surface area contributed by atoms with E-state index in [9.17, 15) is 4.79 Å². The summed E-state index contributed by atoms with van der Waals surface area (Å²) in [4.78, 5) is 20.2. The molecule has 1 unspecified atom stereocenters. The van der Waals surface area contributed by atoms with Crippen molar-refractivity contribution in [2.45, 2.75) is 46.5 Å². The number of hydrogen-bond acceptors (Lipinski definition) is 2. The largest absolute Gasteiger partial charge is 0.356 e. The van der Waals surface area contributed by atoms with E-state index in [2.05, 4.69) is 36.0 Å². The van der Waals surface area contributed by atoms with E-state index in [0.717, 1.165) is 50.3 Å². The second-order valence-electron chi connectivity index (χ2n) is 6.94. The molecule has 0 aromatic carbocycles. The molecule has 1 rings (SSSR count). The van der Waals surface area contributed by atoms with Crippen molar-refractivity contribution < 1.29 is 4.79 Å². The minimum Gasteiger partial charge on any atom is -0.356 e. The number of hydrogen-bond donors (Lipinski definition) is 1. The van der Waals surface area contributed by atoms with Crippen LogP contribution >= 0.6 is 24.0 Å². The van der Waals surface area contributed by atoms with Gasteiger partial charge in [-0.25, -0.2) is 4.99 Å². The number of likely N-dealkylation sites (N-methyl/N-ethyl adjacent to an activating group) is 1. The number of amides is 1. The van der Waals surface area contributed by atoms with Crippen LogP contribution in [-0.4, -0.2) is 61.9 Å². The average Bonchev–Trinajstić information content (AvgIpc) is 2.89. The minimum atomic E-state index is 0. The normalized spacial score (nSPS) is 18.1. The van der Waals surface area contributed by atoms with Gasteiger partial charge in [0.25, 0.3) is 0 Å². The molecular weight excluding hydrogens is 403 g/mol. The highest BCUT2D eigenvalue weighted by Gasteiger charge is 2.25. The van der Waals surface area contributed by atoms with Gasteiger partial charge in [-0.15, -0.1) is 24.0 Å². The zero-order chi connectivity index (χ0) is 16.5. The first-order valence-electron chi connectivity index (χ1n) is 8.67. The molecule has 1 atom stereocenters. The van der Waals surface area contributed by atoms with E-state index in [1.165, 1.54) is 12.8 Å². The van der Waals surface area contributed by atoms with Gasteiger partial charge >= 0.3 is 0 Å². The van der Waals surface area contributed by atoms with Crippen LogP contribution in [0.25, 0.3) is 0 Å². The van der Waals surface area contributed by atoms with Gasteiger partial charge in [-0.2, -0.15) is 0 Å². The van der Waals surface area contributed by atoms with Crippen LogP contribution in [-0.2, 0) is 4.79 Å². The summed E-state index contributed by atoms with van der Waals surface area (Å²) in [5, 5.41) is 3.44. The monoisotopic (exact) mass is 438 g/mol. The number of nitrogens with one attached hydrogen (secondary N) is 1. The number of carbonyl (C=O) groups excluding carboxylic acids is 1. The van der Waals surface area contributed by atoms with Crippen LogP contribution in [0.3, 0.4) is 0 Å². The molecule has 0 radical (unpaired) electrons. The van der Waals surface area contributed by atoms with E-state index >= 15 is 0 Å². The van der Waals surface area contributed by atoms with Crippen molar-refractivity contribution in [1.82, 2.24) is 15.1 Å². The Morgan fingerprint density at radius 1 is 1.39 bits per heavy atom. The van der Waals surface area contributed by atoms with E-state index in [-0.39, 0.29) is 36.4 Å². The number of likely N-dealkylation sites (tertiary alicyclic amines) is 1. The smallest absolute Gasteiger partial charge is 0.243 e. The van der Waals surface area contributed by atoms with Crippen LogP contribution in [0.2, 0.25) is 0 Å². The molecule has 1 saturated heterocycles. The van der Waals surface area contributed by atoms with Crippen LogP contribution in [0.1, 0.15) is 46.5 Å². The summed E-state index contributed by atoms with van der Waals surface area (Å²) < 4.78 is 0. The van der Waals surface area contributed by atoms with Gasteiger partial charge in [0.05, 0.1) is 0 Å². The minimum absolute atomic E-state index is 0. The lowest BCUT2D eigenvalue weighted by atomic mass is 9.97. The summed E-state index contributed by atoms with van der Waals surface area (Å²) in [6.45, 7) is 10.0. The molecule has 0 bridgehead atoms. The number of nitrogens with zero attached hydrogens (tertiary/aromatic N) is 3. The van der Waals surface area contributed by atoms with Gasteiger partial charge in [0.15, 0.2) is 5.96 Å². The zero-order valence-corrected chi connectivity index (χ0v) is 17.8. The van der Waals surface area contributed by atoms with E-state index in [1.807, 2.05) is 0 Å². The third-order valence-corrected chi connectivity index (χ3v) is 4.07. The summed E-state index contributed by atoms with van der Waals surface area (Å²) in [5.74, 6) is 2.46. The molecule has 1 N–H and O–H groups in total. The van der Waals surface area contributed by atoms with Crippen molar-refractivity contribution in [3.8, 4) is 0 Å². The SMILES string of the molecule is CCCCNC(=NCC(=O)N(C)C)N1CCC(CC(C)C)C1.I. The fraction of sp³-hybridized carbons (Fsp3) is 0.882. The fourth-order valence-electron chi connectivity index (χ4n) is 2.81. The summed E-state index contributed by atoms with van der Waals surface area (Å²) in [6, 6.07) is 0. The Morgan fingerprint density at radius 2 is 2.09 bits per heavy atom. The summed E-state index contributed by atoms with van der Waals surface area (Å²) in [7, 11) is 3.55. The summed E-state index contributed by atoms with van der Waals surface area (Å²) in [5.41, 5.74) is 0. The first kappa shape index (κ1) is 22.5. The van der Waals surface area contributed by atoms with Gasteiger partial charge in [-0.05, 0) is 31.1 Å². The lowest BCUT2D eigenvalue weighted by Crippen LogP contribution is -2.41. The molecule has 0 aromatic rings. The van der Waals surface area contributed by atoms with Crippen molar-refractivity contribution in [3.63, 3.8) is 0 Å². The Labute approximate surface area is 159 Å². The molecule has 0 saturated carbocycles. The predicted octanol–water partition coefficient (Wildman–Crippen LogP) is 2.81. The molecule has 0 spiro atoms. The Morgan fingerprint density at radius 3 is 2.65 bits per heavy atom. The van der Waals surface area contributed by atoms with Crippen molar-refractivity contribution in [2.75, 3.05) is 40.3 Å². The topological polar surface area (TPSA) is 47.9 Å². The van der Waals surface area contributed by atoms with Crippen LogP contribution < -0.4 is 5.32 Å². The second-order valence-corrected chi connectivity index (χ2v) is 6.94. The molecule has 1 aliphatic rings. The molecule has 23 heavy (non-hydrogen) atoms. The molecule has 1 heterocycles. The molecule has 1 fully saturated rings. The maximum absolute atomic E-state index is 11.8. The fourth-order valence-corrected chi connectivity index (χ4v) is 2.81. The molecule has 1 aliphatic heterocycles. The molecule has 6 heteroatoms. The van der Waals surface area contributed by atoms with E-state index < -0.39 is 0 Å². The Bertz CT molecular complexity index is 372. The average molecular weight is 438 g/mol. The Hall–Kier alpha value is -0.530. The standard InChI is InChI=1S/C17H34N4O.HI/c1-6-7-9-18-17(19-12-16(22)20(4)5)21-10-8-15(13-21)11-14(2)3;/h14-15H,6-13H2,1-5H3,(H,18,19);1H. The van der Waals surface area contributed by atoms with Gasteiger partial charge in [0.2, 0.25) is 5.91 Å². The molecule has 0 aliphatic carbocycles. The molecule has 0 aromatic heterocycles. The van der Waals surface area contributed by atoms with Gasteiger partial charge in [0, 0.05) is 33.7 Å². The highest BCUT2D eigenvalue weighted by Crippen LogP contribution is 2.23. The number of rotatable bonds is 7. The maximum Gasteiger partial charge on any atom is 0.243 e. The van der Waals surface area contributed by atoms with E-state index in [0.29, 0.717) is 0 Å². The third-order valence-electron chi connectivity index (χ3n) is 4.07. The van der Waals surface area contributed by atoms with Crippen LogP contribution in [0.5, 0.6) is 0 Å². The molecule has 136 valence electrons. The van der Waals surface area contributed by atoms with Crippen LogP contribution in [0.4, 0.5) is 0 Å². The Balaban J connectivity index is 0.00000484. The highest BCUT2D eigenvalue weighted by molar-refractivity contribution is 14.0. The maximum atomic E-state index is 11.8.